The summed E-state index contributed by atoms with van der Waals surface area (Å²) in [5, 5.41) is 0. The van der Waals surface area contributed by atoms with Gasteiger partial charge in [0.2, 0.25) is 0 Å². The van der Waals surface area contributed by atoms with E-state index in [0.29, 0.717) is 18.7 Å². The molecule has 8 heteroatoms. The highest BCUT2D eigenvalue weighted by Crippen LogP contribution is 2.29. The third kappa shape index (κ3) is 9.24. The van der Waals surface area contributed by atoms with E-state index in [9.17, 15) is 18.0 Å². The molecule has 1 heterocycles. The fourth-order valence-electron chi connectivity index (χ4n) is 4.92. The molecule has 0 spiro atoms. The van der Waals surface area contributed by atoms with Gasteiger partial charge in [-0.1, -0.05) is 19.4 Å². The first-order valence-corrected chi connectivity index (χ1v) is 14.2. The lowest BCUT2D eigenvalue weighted by molar-refractivity contribution is -0.137. The number of unbranched alkanes of at least 4 members (excludes halogenated alkanes) is 2. The number of carbonyl (C=O) groups is 1. The molecular weight excluding hydrogens is 503 g/mol. The quantitative estimate of drug-likeness (QED) is 0.279. The Bertz CT molecular complexity index is 1050. The van der Waals surface area contributed by atoms with Crippen LogP contribution in [0.5, 0.6) is 5.75 Å². The van der Waals surface area contributed by atoms with Crippen molar-refractivity contribution in [2.24, 2.45) is 0 Å². The molecule has 1 saturated heterocycles. The van der Waals surface area contributed by atoms with Crippen LogP contribution in [0.25, 0.3) is 0 Å². The Morgan fingerprint density at radius 2 is 1.59 bits per heavy atom. The van der Waals surface area contributed by atoms with Gasteiger partial charge >= 0.3 is 6.18 Å². The summed E-state index contributed by atoms with van der Waals surface area (Å²) in [5.74, 6) is 0.750. The topological polar surface area (TPSA) is 36.0 Å². The molecule has 0 radical (unpaired) electrons. The van der Waals surface area contributed by atoms with Crippen molar-refractivity contribution in [2.45, 2.75) is 59.1 Å². The number of nitrogens with zero attached hydrogens (tertiary/aromatic N) is 3. The van der Waals surface area contributed by atoms with E-state index >= 15 is 0 Å². The molecule has 1 amide bonds. The van der Waals surface area contributed by atoms with Crippen LogP contribution in [0, 0.1) is 13.8 Å². The predicted octanol–water partition coefficient (Wildman–Crippen LogP) is 6.21. The second kappa shape index (κ2) is 14.7. The van der Waals surface area contributed by atoms with E-state index in [1.54, 1.807) is 4.90 Å². The van der Waals surface area contributed by atoms with E-state index < -0.39 is 11.7 Å². The molecule has 0 atom stereocenters. The zero-order chi connectivity index (χ0) is 28.4. The van der Waals surface area contributed by atoms with Crippen LogP contribution in [-0.2, 0) is 12.6 Å². The van der Waals surface area contributed by atoms with Crippen LogP contribution in [0.15, 0.2) is 36.4 Å². The van der Waals surface area contributed by atoms with Crippen molar-refractivity contribution < 1.29 is 22.7 Å². The molecule has 2 aromatic carbocycles. The Hall–Kier alpha value is -2.58. The number of benzene rings is 2. The molecule has 2 aromatic rings. The number of alkyl halides is 3. The summed E-state index contributed by atoms with van der Waals surface area (Å²) in [7, 11) is 2.19. The number of piperazine rings is 1. The average Bonchev–Trinajstić information content (AvgIpc) is 2.93. The van der Waals surface area contributed by atoms with Crippen LogP contribution in [0.2, 0.25) is 0 Å². The first kappa shape index (κ1) is 31.0. The van der Waals surface area contributed by atoms with E-state index in [4.69, 9.17) is 4.74 Å². The van der Waals surface area contributed by atoms with Gasteiger partial charge in [0.25, 0.3) is 5.91 Å². The standard InChI is InChI=1S/C31H44F3N3O2/c1-5-6-16-35(4)17-7-8-23-39-29-14-11-26(24(2)25(29)3)15-18-36-19-21-37(22-20-36)30(38)27-9-12-28(13-10-27)31(32,33)34/h9-14H,5-8,15-23H2,1-4H3. The molecule has 5 nitrogen and oxygen atoms in total. The van der Waals surface area contributed by atoms with Gasteiger partial charge in [0, 0.05) is 38.3 Å². The second-order valence-electron chi connectivity index (χ2n) is 10.6. The maximum Gasteiger partial charge on any atom is 0.416 e. The number of halogens is 3. The Morgan fingerprint density at radius 1 is 0.923 bits per heavy atom. The van der Waals surface area contributed by atoms with Crippen LogP contribution in [0.3, 0.4) is 0 Å². The van der Waals surface area contributed by atoms with Gasteiger partial charge in [0.15, 0.2) is 0 Å². The van der Waals surface area contributed by atoms with E-state index in [0.717, 1.165) is 76.5 Å². The van der Waals surface area contributed by atoms with E-state index in [-0.39, 0.29) is 5.91 Å². The van der Waals surface area contributed by atoms with Crippen molar-refractivity contribution in [3.63, 3.8) is 0 Å². The maximum atomic E-state index is 12.8. The minimum atomic E-state index is -4.40. The van der Waals surface area contributed by atoms with Gasteiger partial charge in [-0.05, 0) is 107 Å². The molecule has 39 heavy (non-hydrogen) atoms. The number of hydrogen-bond donors (Lipinski definition) is 0. The highest BCUT2D eigenvalue weighted by molar-refractivity contribution is 5.94. The van der Waals surface area contributed by atoms with Gasteiger partial charge in [-0.25, -0.2) is 0 Å². The fourth-order valence-corrected chi connectivity index (χ4v) is 4.92. The monoisotopic (exact) mass is 547 g/mol. The average molecular weight is 548 g/mol. The first-order valence-electron chi connectivity index (χ1n) is 14.2. The van der Waals surface area contributed by atoms with Gasteiger partial charge in [0.1, 0.15) is 5.75 Å². The zero-order valence-corrected chi connectivity index (χ0v) is 23.9. The summed E-state index contributed by atoms with van der Waals surface area (Å²) in [4.78, 5) is 19.2. The third-order valence-corrected chi connectivity index (χ3v) is 7.75. The van der Waals surface area contributed by atoms with Gasteiger partial charge in [-0.3, -0.25) is 9.69 Å². The number of ether oxygens (including phenoxy) is 1. The van der Waals surface area contributed by atoms with Crippen LogP contribution < -0.4 is 4.74 Å². The van der Waals surface area contributed by atoms with E-state index in [1.807, 2.05) is 0 Å². The second-order valence-corrected chi connectivity index (χ2v) is 10.6. The normalized spacial score (nSPS) is 14.7. The minimum Gasteiger partial charge on any atom is -0.493 e. The van der Waals surface area contributed by atoms with Crippen molar-refractivity contribution >= 4 is 5.91 Å². The lowest BCUT2D eigenvalue weighted by atomic mass is 9.99. The molecule has 1 aliphatic rings. The molecule has 0 unspecified atom stereocenters. The Balaban J connectivity index is 1.40. The van der Waals surface area contributed by atoms with Crippen LogP contribution >= 0.6 is 0 Å². The first-order chi connectivity index (χ1) is 18.6. The number of amides is 1. The largest absolute Gasteiger partial charge is 0.493 e. The van der Waals surface area contributed by atoms with Crippen molar-refractivity contribution in [3.05, 3.63) is 64.2 Å². The molecule has 0 saturated carbocycles. The summed E-state index contributed by atoms with van der Waals surface area (Å²) in [6.07, 6.45) is 1.18. The van der Waals surface area contributed by atoms with Crippen molar-refractivity contribution in [1.29, 1.82) is 0 Å². The SMILES string of the molecule is CCCCN(C)CCCCOc1ccc(CCN2CCN(C(=O)c3ccc(C(F)(F)F)cc3)CC2)c(C)c1C. The van der Waals surface area contributed by atoms with Crippen molar-refractivity contribution in [1.82, 2.24) is 14.7 Å². The molecule has 0 aliphatic carbocycles. The Kier molecular flexibility index (Phi) is 11.7. The molecule has 0 aromatic heterocycles. The summed E-state index contributed by atoms with van der Waals surface area (Å²) in [5.41, 5.74) is 3.32. The van der Waals surface area contributed by atoms with Crippen LogP contribution in [-0.4, -0.2) is 80.1 Å². The summed E-state index contributed by atoms with van der Waals surface area (Å²) >= 11 is 0. The van der Waals surface area contributed by atoms with Crippen molar-refractivity contribution in [3.8, 4) is 5.75 Å². The highest BCUT2D eigenvalue weighted by atomic mass is 19.4. The third-order valence-electron chi connectivity index (χ3n) is 7.75. The lowest BCUT2D eigenvalue weighted by Crippen LogP contribution is -2.49. The summed E-state index contributed by atoms with van der Waals surface area (Å²) < 4.78 is 44.5. The molecule has 1 aliphatic heterocycles. The number of rotatable bonds is 13. The number of hydrogen-bond acceptors (Lipinski definition) is 4. The van der Waals surface area contributed by atoms with Gasteiger partial charge < -0.3 is 14.5 Å². The lowest BCUT2D eigenvalue weighted by Gasteiger charge is -2.35. The van der Waals surface area contributed by atoms with Crippen LogP contribution in [0.1, 0.15) is 65.2 Å². The summed E-state index contributed by atoms with van der Waals surface area (Å²) in [6.45, 7) is 13.0. The maximum absolute atomic E-state index is 12.8. The van der Waals surface area contributed by atoms with Gasteiger partial charge in [-0.15, -0.1) is 0 Å². The smallest absolute Gasteiger partial charge is 0.416 e. The fraction of sp³-hybridized carbons (Fsp3) is 0.581. The van der Waals surface area contributed by atoms with E-state index in [1.165, 1.54) is 41.7 Å². The molecular formula is C31H44F3N3O2. The summed E-state index contributed by atoms with van der Waals surface area (Å²) in [6, 6.07) is 8.73. The minimum absolute atomic E-state index is 0.214. The molecule has 0 bridgehead atoms. The van der Waals surface area contributed by atoms with Crippen LogP contribution in [0.4, 0.5) is 13.2 Å². The predicted molar refractivity (Wildman–Crippen MR) is 151 cm³/mol. The van der Waals surface area contributed by atoms with E-state index in [2.05, 4.69) is 49.8 Å². The molecule has 1 fully saturated rings. The zero-order valence-electron chi connectivity index (χ0n) is 23.9. The Labute approximate surface area is 231 Å². The van der Waals surface area contributed by atoms with Gasteiger partial charge in [0.05, 0.1) is 12.2 Å². The molecule has 3 rings (SSSR count). The number of carbonyl (C=O) groups excluding carboxylic acids is 1. The van der Waals surface area contributed by atoms with Crippen molar-refractivity contribution in [2.75, 3.05) is 59.5 Å². The molecule has 216 valence electrons. The highest BCUT2D eigenvalue weighted by Gasteiger charge is 2.30. The van der Waals surface area contributed by atoms with Gasteiger partial charge in [-0.2, -0.15) is 13.2 Å². The molecule has 0 N–H and O–H groups in total. The Morgan fingerprint density at radius 3 is 2.23 bits per heavy atom.